The van der Waals surface area contributed by atoms with Crippen LogP contribution in [-0.2, 0) is 0 Å². The molecule has 12 nitrogen and oxygen atoms in total. The van der Waals surface area contributed by atoms with Gasteiger partial charge in [-0.25, -0.2) is 15.0 Å². The topological polar surface area (TPSA) is 171 Å². The van der Waals surface area contributed by atoms with Gasteiger partial charge in [-0.1, -0.05) is 60.7 Å². The van der Waals surface area contributed by atoms with Gasteiger partial charge >= 0.3 is 0 Å². The molecule has 6 aromatic rings. The number of nitrogens with one attached hydrogen (secondary N) is 1. The lowest BCUT2D eigenvalue weighted by Crippen LogP contribution is -2.36. The highest BCUT2D eigenvalue weighted by molar-refractivity contribution is 6.28. The summed E-state index contributed by atoms with van der Waals surface area (Å²) in [6, 6.07) is 38.1. The molecule has 4 heterocycles. The van der Waals surface area contributed by atoms with Crippen molar-refractivity contribution >= 4 is 64.5 Å². The molecule has 312 valence electrons. The van der Waals surface area contributed by atoms with E-state index in [0.717, 1.165) is 91.7 Å². The van der Waals surface area contributed by atoms with Gasteiger partial charge in [-0.05, 0) is 99.7 Å². The predicted molar refractivity (Wildman–Crippen MR) is 243 cm³/mol. The van der Waals surface area contributed by atoms with Crippen LogP contribution < -0.4 is 20.9 Å². The first kappa shape index (κ1) is 45.2. The fraction of sp³-hybridized carbons (Fsp3) is 0.261. The van der Waals surface area contributed by atoms with Crippen LogP contribution in [0.3, 0.4) is 0 Å². The van der Waals surface area contributed by atoms with Gasteiger partial charge in [-0.15, -0.1) is 12.4 Å². The lowest BCUT2D eigenvalue weighted by molar-refractivity contribution is 0.100. The van der Waals surface area contributed by atoms with Crippen molar-refractivity contribution in [1.82, 2.24) is 19.9 Å². The summed E-state index contributed by atoms with van der Waals surface area (Å²) < 4.78 is 0. The minimum absolute atomic E-state index is 0. The highest BCUT2D eigenvalue weighted by atomic mass is 35.5. The number of nitrogens with two attached hydrogens (primary N) is 1. The van der Waals surface area contributed by atoms with E-state index in [9.17, 15) is 19.8 Å². The van der Waals surface area contributed by atoms with E-state index < -0.39 is 0 Å². The number of aromatic nitrogens is 4. The molecule has 0 aliphatic carbocycles. The zero-order chi connectivity index (χ0) is 41.7. The number of piperidine rings is 2. The van der Waals surface area contributed by atoms with Gasteiger partial charge in [0.1, 0.15) is 11.6 Å². The van der Waals surface area contributed by atoms with Crippen molar-refractivity contribution in [2.24, 2.45) is 0 Å². The average Bonchev–Trinajstić information content (AvgIpc) is 3.25. The van der Waals surface area contributed by atoms with Crippen molar-refractivity contribution in [1.29, 1.82) is 0 Å². The molecule has 2 saturated heterocycles. The largest absolute Gasteiger partial charge is 0.399 e. The van der Waals surface area contributed by atoms with E-state index in [0.29, 0.717) is 22.8 Å². The zero-order valence-corrected chi connectivity index (χ0v) is 35.2. The van der Waals surface area contributed by atoms with Crippen LogP contribution in [0.25, 0.3) is 22.5 Å². The number of anilines is 5. The summed E-state index contributed by atoms with van der Waals surface area (Å²) in [5.74, 6) is 2.28. The fourth-order valence-electron chi connectivity index (χ4n) is 6.56. The van der Waals surface area contributed by atoms with E-state index in [4.69, 9.17) is 27.3 Å². The summed E-state index contributed by atoms with van der Waals surface area (Å²) in [5.41, 5.74) is 12.0. The van der Waals surface area contributed by atoms with Gasteiger partial charge in [0.15, 0.2) is 11.6 Å². The molecule has 2 fully saturated rings. The molecule has 0 amide bonds. The molecule has 0 spiro atoms. The summed E-state index contributed by atoms with van der Waals surface area (Å²) in [4.78, 5) is 44.6. The van der Waals surface area contributed by atoms with Crippen LogP contribution in [0.1, 0.15) is 60.2 Å². The molecule has 8 rings (SSSR count). The Hall–Kier alpha value is -5.92. The summed E-state index contributed by atoms with van der Waals surface area (Å²) in [5, 5.41) is 22.9. The number of aliphatic hydroxyl groups is 2. The molecule has 5 N–H and O–H groups in total. The Kier molecular flexibility index (Phi) is 16.5. The van der Waals surface area contributed by atoms with Crippen LogP contribution in [0.5, 0.6) is 0 Å². The lowest BCUT2D eigenvalue weighted by Gasteiger charge is -2.30. The van der Waals surface area contributed by atoms with Gasteiger partial charge in [0, 0.05) is 71.9 Å². The molecule has 0 atom stereocenters. The Morgan fingerprint density at radius 3 is 1.48 bits per heavy atom. The van der Waals surface area contributed by atoms with E-state index in [2.05, 4.69) is 25.1 Å². The van der Waals surface area contributed by atoms with Crippen molar-refractivity contribution in [2.45, 2.75) is 51.7 Å². The maximum absolute atomic E-state index is 11.5. The third kappa shape index (κ3) is 13.0. The van der Waals surface area contributed by atoms with Crippen LogP contribution >= 0.6 is 24.0 Å². The van der Waals surface area contributed by atoms with Crippen LogP contribution in [0.2, 0.25) is 5.28 Å². The number of hydrogen-bond acceptors (Lipinski definition) is 12. The first-order valence-electron chi connectivity index (χ1n) is 19.7. The number of halogens is 2. The quantitative estimate of drug-likeness (QED) is 0.0654. The van der Waals surface area contributed by atoms with Gasteiger partial charge in [-0.3, -0.25) is 9.59 Å². The minimum atomic E-state index is -0.237. The van der Waals surface area contributed by atoms with E-state index in [1.54, 1.807) is 43.3 Å². The maximum atomic E-state index is 11.5. The number of benzene rings is 4. The molecule has 14 heteroatoms. The van der Waals surface area contributed by atoms with Gasteiger partial charge in [-0.2, -0.15) is 4.98 Å². The third-order valence-corrected chi connectivity index (χ3v) is 10.1. The smallest absolute Gasteiger partial charge is 0.229 e. The van der Waals surface area contributed by atoms with E-state index in [-0.39, 0.29) is 41.5 Å². The number of rotatable bonds is 8. The normalized spacial score (nSPS) is 14.1. The second kappa shape index (κ2) is 21.9. The van der Waals surface area contributed by atoms with E-state index in [1.165, 1.54) is 6.92 Å². The number of nitrogens with zero attached hydrogens (tertiary/aromatic N) is 6. The van der Waals surface area contributed by atoms with Crippen molar-refractivity contribution in [3.8, 4) is 22.5 Å². The number of hydrogen-bond donors (Lipinski definition) is 4. The first-order chi connectivity index (χ1) is 28.5. The number of ketones is 2. The lowest BCUT2D eigenvalue weighted by atomic mass is 10.1. The molecule has 60 heavy (non-hydrogen) atoms. The molecule has 4 aromatic carbocycles. The minimum Gasteiger partial charge on any atom is -0.399 e. The van der Waals surface area contributed by atoms with E-state index >= 15 is 0 Å². The molecule has 0 bridgehead atoms. The third-order valence-electron chi connectivity index (χ3n) is 9.98. The highest BCUT2D eigenvalue weighted by Gasteiger charge is 2.21. The predicted octanol–water partition coefficient (Wildman–Crippen LogP) is 8.70. The Morgan fingerprint density at radius 2 is 1.03 bits per heavy atom. The summed E-state index contributed by atoms with van der Waals surface area (Å²) in [7, 11) is 0. The van der Waals surface area contributed by atoms with Crippen molar-refractivity contribution in [3.63, 3.8) is 0 Å². The number of carbonyl (C=O) groups excluding carboxylic acids is 2. The molecular formula is C46H50Cl2N8O4. The molecular weight excluding hydrogens is 799 g/mol. The summed E-state index contributed by atoms with van der Waals surface area (Å²) >= 11 is 6.05. The average molecular weight is 850 g/mol. The Morgan fingerprint density at radius 1 is 0.617 bits per heavy atom. The number of aliphatic hydroxyl groups excluding tert-OH is 2. The second-order valence-electron chi connectivity index (χ2n) is 14.4. The monoisotopic (exact) mass is 848 g/mol. The van der Waals surface area contributed by atoms with Gasteiger partial charge < -0.3 is 31.1 Å². The van der Waals surface area contributed by atoms with Gasteiger partial charge in [0.2, 0.25) is 11.2 Å². The summed E-state index contributed by atoms with van der Waals surface area (Å²) in [6.45, 7) is 6.20. The van der Waals surface area contributed by atoms with Crippen LogP contribution in [0.4, 0.5) is 29.0 Å². The van der Waals surface area contributed by atoms with Crippen LogP contribution in [-0.4, -0.2) is 80.1 Å². The van der Waals surface area contributed by atoms with Crippen LogP contribution in [0, 0.1) is 0 Å². The standard InChI is InChI=1S/C23H24N4O2.C15H16ClN3O.C8H9NO.ClH/c1-16(28)17-7-9-19(10-8-17)24-23-25-21(18-5-3-2-4-6-18)15-22(26-23)27-13-11-20(29)12-14-27;16-15-17-13(11-4-2-1-3-5-11)10-14(18-15)19-8-6-12(20)7-9-19;1-6(10)7-2-4-8(9)5-3-7;/h2-10,15,20,29H,11-14H2,1H3,(H,24,25,26);1-5,10,12,20H,6-9H2;2-5H,9H2,1H3;1H. The Labute approximate surface area is 361 Å². The molecule has 0 unspecified atom stereocenters. The molecule has 2 aliphatic rings. The second-order valence-corrected chi connectivity index (χ2v) is 14.8. The Bertz CT molecular complexity index is 2290. The highest BCUT2D eigenvalue weighted by Crippen LogP contribution is 2.28. The summed E-state index contributed by atoms with van der Waals surface area (Å²) in [6.07, 6.45) is 2.57. The maximum Gasteiger partial charge on any atom is 0.229 e. The molecule has 0 saturated carbocycles. The molecule has 2 aromatic heterocycles. The number of nitrogen functional groups attached to an aromatic ring is 1. The number of Topliss-reactive ketones (excluding diaryl/α,β-unsaturated/α-hetero) is 2. The van der Waals surface area contributed by atoms with Crippen LogP contribution in [0.15, 0.2) is 121 Å². The van der Waals surface area contributed by atoms with Gasteiger partial charge in [0.25, 0.3) is 0 Å². The molecule has 2 aliphatic heterocycles. The number of carbonyl (C=O) groups is 2. The van der Waals surface area contributed by atoms with E-state index in [1.807, 2.05) is 84.9 Å². The van der Waals surface area contributed by atoms with Crippen molar-refractivity contribution in [3.05, 3.63) is 138 Å². The molecule has 0 radical (unpaired) electrons. The first-order valence-corrected chi connectivity index (χ1v) is 20.0. The fourth-order valence-corrected chi connectivity index (χ4v) is 6.74. The van der Waals surface area contributed by atoms with Crippen molar-refractivity contribution in [2.75, 3.05) is 47.0 Å². The zero-order valence-electron chi connectivity index (χ0n) is 33.6. The Balaban J connectivity index is 0.000000190. The van der Waals surface area contributed by atoms with Crippen molar-refractivity contribution < 1.29 is 19.8 Å². The SMILES string of the molecule is CC(=O)c1ccc(N)cc1.CC(=O)c1ccc(Nc2nc(-c3ccccc3)cc(N3CCC(O)CC3)n2)cc1.Cl.OC1CCN(c2cc(-c3ccccc3)nc(Cl)n2)CC1. The van der Waals surface area contributed by atoms with Gasteiger partial charge in [0.05, 0.1) is 23.6 Å².